The number of aromatic amines is 1. The zero-order valence-corrected chi connectivity index (χ0v) is 9.47. The first kappa shape index (κ1) is 10.5. The maximum atomic E-state index is 5.88. The normalized spacial score (nSPS) is 19.7. The van der Waals surface area contributed by atoms with Gasteiger partial charge in [0.1, 0.15) is 11.3 Å². The van der Waals surface area contributed by atoms with Crippen LogP contribution in [-0.2, 0) is 6.42 Å². The summed E-state index contributed by atoms with van der Waals surface area (Å²) in [6.07, 6.45) is 7.69. The van der Waals surface area contributed by atoms with Crippen LogP contribution in [0, 0.1) is 0 Å². The maximum Gasteiger partial charge on any atom is 0.178 e. The van der Waals surface area contributed by atoms with Gasteiger partial charge in [0.25, 0.3) is 0 Å². The lowest BCUT2D eigenvalue weighted by Gasteiger charge is -2.15. The number of hydrogen-bond acceptors (Lipinski definition) is 1. The molecular weight excluding hydrogens is 210 g/mol. The molecule has 0 amide bonds. The van der Waals surface area contributed by atoms with Gasteiger partial charge in [-0.15, -0.1) is 0 Å². The third-order valence-corrected chi connectivity index (χ3v) is 3.18. The average molecular weight is 224 g/mol. The summed E-state index contributed by atoms with van der Waals surface area (Å²) in [4.78, 5) is 3.13. The van der Waals surface area contributed by atoms with E-state index in [-0.39, 0.29) is 12.4 Å². The Balaban J connectivity index is 0.000000853. The molecule has 80 valence electrons. The smallest absolute Gasteiger partial charge is 0.178 e. The highest BCUT2D eigenvalue weighted by Gasteiger charge is 2.23. The number of aryl methyl sites for hydroxylation is 1. The molecule has 1 aliphatic carbocycles. The summed E-state index contributed by atoms with van der Waals surface area (Å²) in [7, 11) is 0. The summed E-state index contributed by atoms with van der Waals surface area (Å²) >= 11 is 0. The first-order valence-corrected chi connectivity index (χ1v) is 5.27. The highest BCUT2D eigenvalue weighted by atomic mass is 35.5. The minimum Gasteiger partial charge on any atom is -1.00 e. The first-order chi connectivity index (χ1) is 6.86. The van der Waals surface area contributed by atoms with Crippen LogP contribution in [0.2, 0.25) is 0 Å². The first-order valence-electron chi connectivity index (χ1n) is 5.27. The molecule has 0 saturated heterocycles. The van der Waals surface area contributed by atoms with E-state index in [1.807, 2.05) is 12.3 Å². The van der Waals surface area contributed by atoms with Crippen molar-refractivity contribution in [1.29, 1.82) is 0 Å². The van der Waals surface area contributed by atoms with Gasteiger partial charge in [-0.3, -0.25) is 0 Å². The molecule has 1 atom stereocenters. The van der Waals surface area contributed by atoms with Crippen molar-refractivity contribution in [3.05, 3.63) is 29.8 Å². The van der Waals surface area contributed by atoms with Crippen molar-refractivity contribution in [2.45, 2.75) is 32.1 Å². The lowest BCUT2D eigenvalue weighted by Crippen LogP contribution is -3.00. The molecule has 1 aliphatic rings. The number of aromatic nitrogens is 1. The number of hydrogen-bond donors (Lipinski definition) is 0. The quantitative estimate of drug-likeness (QED) is 0.602. The molecule has 2 heterocycles. The number of halogens is 1. The van der Waals surface area contributed by atoms with Gasteiger partial charge >= 0.3 is 0 Å². The van der Waals surface area contributed by atoms with Gasteiger partial charge < -0.3 is 16.8 Å². The Morgan fingerprint density at radius 3 is 3.20 bits per heavy atom. The summed E-state index contributed by atoms with van der Waals surface area (Å²) in [6, 6.07) is 2.01. The molecule has 2 nitrogen and oxygen atoms in total. The molecular formula is C12H14ClNO. The summed E-state index contributed by atoms with van der Waals surface area (Å²) in [5.74, 6) is 1.80. The molecule has 15 heavy (non-hydrogen) atoms. The van der Waals surface area contributed by atoms with Crippen LogP contribution in [0.4, 0.5) is 0 Å². The molecule has 0 bridgehead atoms. The van der Waals surface area contributed by atoms with Crippen molar-refractivity contribution in [3.63, 3.8) is 0 Å². The van der Waals surface area contributed by atoms with E-state index in [0.29, 0.717) is 5.92 Å². The Hall–Kier alpha value is -1.02. The number of furan rings is 1. The van der Waals surface area contributed by atoms with Crippen molar-refractivity contribution < 1.29 is 21.8 Å². The standard InChI is InChI=1S/C12H13NO.ClH/c1-8-3-2-4-9-10-7-13-6-5-11(10)14-12(8)9;/h5-8H,2-4H2,1H3;1H. The van der Waals surface area contributed by atoms with Gasteiger partial charge in [0.15, 0.2) is 12.4 Å². The number of fused-ring (bicyclic) bond motifs is 3. The molecule has 3 rings (SSSR count). The van der Waals surface area contributed by atoms with Crippen LogP contribution in [0.25, 0.3) is 11.0 Å². The number of rotatable bonds is 0. The molecule has 0 saturated carbocycles. The largest absolute Gasteiger partial charge is 1.00 e. The average Bonchev–Trinajstić information content (AvgIpc) is 2.59. The number of pyridine rings is 1. The summed E-state index contributed by atoms with van der Waals surface area (Å²) in [5.41, 5.74) is 2.46. The Bertz CT molecular complexity index is 477. The lowest BCUT2D eigenvalue weighted by molar-refractivity contribution is -0.375. The fourth-order valence-corrected chi connectivity index (χ4v) is 2.43. The molecule has 3 heteroatoms. The van der Waals surface area contributed by atoms with Crippen LogP contribution in [0.15, 0.2) is 22.9 Å². The second-order valence-electron chi connectivity index (χ2n) is 4.16. The SMILES string of the molecule is CC1CCCc2c1oc1cc[nH+]cc21.[Cl-]. The minimum absolute atomic E-state index is 0. The fourth-order valence-electron chi connectivity index (χ4n) is 2.43. The van der Waals surface area contributed by atoms with Crippen molar-refractivity contribution >= 4 is 11.0 Å². The van der Waals surface area contributed by atoms with Gasteiger partial charge in [0, 0.05) is 17.5 Å². The molecule has 0 spiro atoms. The molecule has 0 aliphatic heterocycles. The van der Waals surface area contributed by atoms with E-state index < -0.39 is 0 Å². The topological polar surface area (TPSA) is 27.3 Å². The third kappa shape index (κ3) is 1.53. The molecule has 2 aromatic rings. The second-order valence-corrected chi connectivity index (χ2v) is 4.16. The van der Waals surface area contributed by atoms with Crippen LogP contribution < -0.4 is 17.4 Å². The molecule has 1 N–H and O–H groups in total. The van der Waals surface area contributed by atoms with Gasteiger partial charge in [-0.2, -0.15) is 0 Å². The van der Waals surface area contributed by atoms with Gasteiger partial charge in [0.05, 0.1) is 5.39 Å². The molecule has 0 aromatic carbocycles. The third-order valence-electron chi connectivity index (χ3n) is 3.18. The molecule has 0 radical (unpaired) electrons. The van der Waals surface area contributed by atoms with Crippen molar-refractivity contribution in [3.8, 4) is 0 Å². The van der Waals surface area contributed by atoms with Crippen LogP contribution in [0.1, 0.15) is 37.0 Å². The van der Waals surface area contributed by atoms with Crippen molar-refractivity contribution in [2.75, 3.05) is 0 Å². The van der Waals surface area contributed by atoms with E-state index in [9.17, 15) is 0 Å². The molecule has 1 unspecified atom stereocenters. The van der Waals surface area contributed by atoms with Gasteiger partial charge in [0.2, 0.25) is 0 Å². The molecule has 0 fully saturated rings. The van der Waals surface area contributed by atoms with E-state index in [1.165, 1.54) is 36.0 Å². The van der Waals surface area contributed by atoms with Crippen molar-refractivity contribution in [2.24, 2.45) is 0 Å². The highest BCUT2D eigenvalue weighted by Crippen LogP contribution is 2.37. The molecule has 2 aromatic heterocycles. The fraction of sp³-hybridized carbons (Fsp3) is 0.417. The zero-order valence-electron chi connectivity index (χ0n) is 8.72. The van der Waals surface area contributed by atoms with E-state index in [4.69, 9.17) is 4.42 Å². The Morgan fingerprint density at radius 1 is 1.47 bits per heavy atom. The minimum atomic E-state index is 0. The van der Waals surface area contributed by atoms with Crippen LogP contribution in [-0.4, -0.2) is 0 Å². The van der Waals surface area contributed by atoms with Gasteiger partial charge in [-0.1, -0.05) is 6.92 Å². The van der Waals surface area contributed by atoms with E-state index in [2.05, 4.69) is 18.1 Å². The predicted molar refractivity (Wildman–Crippen MR) is 54.1 cm³/mol. The highest BCUT2D eigenvalue weighted by molar-refractivity contribution is 5.80. The predicted octanol–water partition coefficient (Wildman–Crippen LogP) is -0.309. The lowest BCUT2D eigenvalue weighted by atomic mass is 9.89. The van der Waals surface area contributed by atoms with E-state index in [1.54, 1.807) is 0 Å². The monoisotopic (exact) mass is 223 g/mol. The summed E-state index contributed by atoms with van der Waals surface area (Å²) in [5, 5.41) is 1.27. The van der Waals surface area contributed by atoms with E-state index >= 15 is 0 Å². The second kappa shape index (κ2) is 3.86. The van der Waals surface area contributed by atoms with Crippen LogP contribution in [0.3, 0.4) is 0 Å². The van der Waals surface area contributed by atoms with Gasteiger partial charge in [-0.25, -0.2) is 4.98 Å². The maximum absolute atomic E-state index is 5.88. The Morgan fingerprint density at radius 2 is 2.33 bits per heavy atom. The zero-order chi connectivity index (χ0) is 9.54. The Kier molecular flexibility index (Phi) is 2.70. The Labute approximate surface area is 95.1 Å². The number of H-pyrrole nitrogens is 1. The van der Waals surface area contributed by atoms with Gasteiger partial charge in [-0.05, 0) is 19.3 Å². The van der Waals surface area contributed by atoms with E-state index in [0.717, 1.165) is 5.58 Å². The summed E-state index contributed by atoms with van der Waals surface area (Å²) in [6.45, 7) is 2.25. The summed E-state index contributed by atoms with van der Waals surface area (Å²) < 4.78 is 5.88. The number of nitrogens with one attached hydrogen (secondary N) is 1. The van der Waals surface area contributed by atoms with Crippen molar-refractivity contribution in [1.82, 2.24) is 0 Å². The van der Waals surface area contributed by atoms with Crippen LogP contribution >= 0.6 is 0 Å². The van der Waals surface area contributed by atoms with Crippen LogP contribution in [0.5, 0.6) is 0 Å².